The summed E-state index contributed by atoms with van der Waals surface area (Å²) in [5.74, 6) is -3.53. The third kappa shape index (κ3) is 4.91. The second-order valence-electron chi connectivity index (χ2n) is 7.17. The van der Waals surface area contributed by atoms with Crippen molar-refractivity contribution < 1.29 is 22.0 Å². The number of ketones is 1. The number of H-pyrrole nitrogens is 1. The van der Waals surface area contributed by atoms with Crippen LogP contribution in [0.4, 0.5) is 20.2 Å². The smallest absolute Gasteiger partial charge is 0.261 e. The molecule has 178 valence electrons. The number of pyridine rings is 1. The summed E-state index contributed by atoms with van der Waals surface area (Å²) in [5.41, 5.74) is -0.753. The number of aromatic amines is 1. The summed E-state index contributed by atoms with van der Waals surface area (Å²) in [6.45, 7) is 0. The Morgan fingerprint density at radius 3 is 2.60 bits per heavy atom. The molecule has 12 heteroatoms. The lowest BCUT2D eigenvalue weighted by Gasteiger charge is -2.12. The number of sulfonamides is 1. The number of hydrogen-bond acceptors (Lipinski definition) is 6. The molecule has 4 aromatic rings. The molecule has 0 fully saturated rings. The molecule has 0 aliphatic rings. The van der Waals surface area contributed by atoms with Crippen LogP contribution in [0, 0.1) is 17.0 Å². The van der Waals surface area contributed by atoms with Gasteiger partial charge in [-0.2, -0.15) is 0 Å². The van der Waals surface area contributed by atoms with Crippen molar-refractivity contribution in [2.24, 2.45) is 0 Å². The van der Waals surface area contributed by atoms with Gasteiger partial charge in [0.25, 0.3) is 10.0 Å². The number of benzene rings is 2. The number of carbonyl (C=O) groups is 1. The van der Waals surface area contributed by atoms with E-state index in [9.17, 15) is 17.6 Å². The van der Waals surface area contributed by atoms with Crippen LogP contribution in [0.3, 0.4) is 0 Å². The predicted molar refractivity (Wildman–Crippen MR) is 130 cm³/mol. The molecule has 2 aromatic carbocycles. The summed E-state index contributed by atoms with van der Waals surface area (Å²) in [7, 11) is -4.27. The summed E-state index contributed by atoms with van der Waals surface area (Å²) in [6, 6.07) is 8.61. The second-order valence-corrected chi connectivity index (χ2v) is 9.28. The number of carbonyl (C=O) groups excluding carboxylic acids is 1. The van der Waals surface area contributed by atoms with Crippen molar-refractivity contribution in [3.63, 3.8) is 0 Å². The Kier molecular flexibility index (Phi) is 6.63. The third-order valence-corrected chi connectivity index (χ3v) is 6.50. The molecule has 0 aliphatic carbocycles. The monoisotopic (exact) mass is 515 g/mol. The van der Waals surface area contributed by atoms with Crippen LogP contribution in [0.2, 0.25) is 5.02 Å². The van der Waals surface area contributed by atoms with E-state index in [1.54, 1.807) is 0 Å². The van der Waals surface area contributed by atoms with E-state index < -0.39 is 38.7 Å². The topological polar surface area (TPSA) is 128 Å². The van der Waals surface area contributed by atoms with E-state index in [0.717, 1.165) is 18.3 Å². The molecule has 0 bridgehead atoms. The highest BCUT2D eigenvalue weighted by Crippen LogP contribution is 2.29. The molecule has 0 saturated carbocycles. The average molecular weight is 516 g/mol. The summed E-state index contributed by atoms with van der Waals surface area (Å²) >= 11 is 5.93. The quantitative estimate of drug-likeness (QED) is 0.192. The van der Waals surface area contributed by atoms with Crippen LogP contribution < -0.4 is 10.0 Å². The Balaban J connectivity index is 1.66. The van der Waals surface area contributed by atoms with Crippen molar-refractivity contribution in [3.05, 3.63) is 94.9 Å². The van der Waals surface area contributed by atoms with Crippen LogP contribution >= 0.6 is 11.6 Å². The summed E-state index contributed by atoms with van der Waals surface area (Å²) in [4.78, 5) is 19.6. The second kappa shape index (κ2) is 9.65. The largest absolute Gasteiger partial charge is 0.362 e. The number of rotatable bonds is 8. The molecule has 2 heterocycles. The zero-order valence-electron chi connectivity index (χ0n) is 17.6. The van der Waals surface area contributed by atoms with Crippen molar-refractivity contribution in [3.8, 4) is 0 Å². The van der Waals surface area contributed by atoms with E-state index in [1.807, 2.05) is 0 Å². The van der Waals surface area contributed by atoms with Gasteiger partial charge in [0.15, 0.2) is 5.82 Å². The standard InChI is InChI=1S/C23H16ClF2N5O3S/c24-13-10-16-17(12-30-23(16)29-11-13)22(32)20-18(25)6-7-19(21(20)26)31-35(33,34)15-4-2-14(3-5-15)28-9-1-8-27/h1-12,27-28,31H,(H,29,30)/b9-1-,27-8?. The molecule has 4 rings (SSSR count). The lowest BCUT2D eigenvalue weighted by molar-refractivity contribution is 0.103. The molecule has 8 nitrogen and oxygen atoms in total. The lowest BCUT2D eigenvalue weighted by atomic mass is 10.0. The van der Waals surface area contributed by atoms with Crippen molar-refractivity contribution >= 4 is 56.0 Å². The highest BCUT2D eigenvalue weighted by atomic mass is 35.5. The van der Waals surface area contributed by atoms with Gasteiger partial charge < -0.3 is 15.7 Å². The Bertz CT molecular complexity index is 1590. The van der Waals surface area contributed by atoms with Crippen molar-refractivity contribution in [1.82, 2.24) is 9.97 Å². The van der Waals surface area contributed by atoms with Crippen molar-refractivity contribution in [1.29, 1.82) is 5.41 Å². The van der Waals surface area contributed by atoms with Gasteiger partial charge in [-0.15, -0.1) is 0 Å². The number of anilines is 2. The number of nitrogens with one attached hydrogen (secondary N) is 4. The summed E-state index contributed by atoms with van der Waals surface area (Å²) in [6.07, 6.45) is 6.58. The Hall–Kier alpha value is -4.09. The molecule has 0 amide bonds. The van der Waals surface area contributed by atoms with Gasteiger partial charge in [0.05, 0.1) is 21.2 Å². The van der Waals surface area contributed by atoms with Crippen molar-refractivity contribution in [2.75, 3.05) is 10.0 Å². The number of hydrogen-bond donors (Lipinski definition) is 4. The first kappa shape index (κ1) is 24.0. The van der Waals surface area contributed by atoms with E-state index in [2.05, 4.69) is 20.0 Å². The van der Waals surface area contributed by atoms with Gasteiger partial charge in [-0.25, -0.2) is 22.2 Å². The molecular formula is C23H16ClF2N5O3S. The Morgan fingerprint density at radius 2 is 1.89 bits per heavy atom. The minimum Gasteiger partial charge on any atom is -0.362 e. The number of allylic oxidation sites excluding steroid dienone is 1. The first-order valence-electron chi connectivity index (χ1n) is 9.91. The van der Waals surface area contributed by atoms with Gasteiger partial charge in [-0.1, -0.05) is 11.6 Å². The minimum absolute atomic E-state index is 0.0760. The maximum absolute atomic E-state index is 15.3. The Morgan fingerprint density at radius 1 is 1.14 bits per heavy atom. The fraction of sp³-hybridized carbons (Fsp3) is 0. The molecule has 0 radical (unpaired) electrons. The van der Waals surface area contributed by atoms with Crippen LogP contribution in [-0.4, -0.2) is 30.4 Å². The summed E-state index contributed by atoms with van der Waals surface area (Å²) in [5, 5.41) is 10.2. The zero-order valence-corrected chi connectivity index (χ0v) is 19.2. The van der Waals surface area contributed by atoms with Gasteiger partial charge in [0.2, 0.25) is 5.78 Å². The molecule has 4 N–H and O–H groups in total. The molecule has 0 atom stereocenters. The van der Waals surface area contributed by atoms with E-state index in [0.29, 0.717) is 11.3 Å². The van der Waals surface area contributed by atoms with Crippen LogP contribution in [-0.2, 0) is 10.0 Å². The SMILES string of the molecule is N=C/C=C\Nc1ccc(S(=O)(=O)Nc2ccc(F)c(C(=O)c3c[nH]c4ncc(Cl)cc34)c2F)cc1. The molecule has 35 heavy (non-hydrogen) atoms. The Labute approximate surface area is 203 Å². The molecule has 0 saturated heterocycles. The third-order valence-electron chi connectivity index (χ3n) is 4.91. The van der Waals surface area contributed by atoms with E-state index in [1.165, 1.54) is 55.0 Å². The molecular weight excluding hydrogens is 500 g/mol. The van der Waals surface area contributed by atoms with E-state index >= 15 is 4.39 Å². The first-order valence-corrected chi connectivity index (χ1v) is 11.8. The zero-order chi connectivity index (χ0) is 25.2. The van der Waals surface area contributed by atoms with Gasteiger partial charge in [-0.3, -0.25) is 9.52 Å². The number of aromatic nitrogens is 2. The van der Waals surface area contributed by atoms with Gasteiger partial charge >= 0.3 is 0 Å². The van der Waals surface area contributed by atoms with Crippen LogP contribution in [0.1, 0.15) is 15.9 Å². The molecule has 0 unspecified atom stereocenters. The number of fused-ring (bicyclic) bond motifs is 1. The van der Waals surface area contributed by atoms with Crippen LogP contribution in [0.25, 0.3) is 11.0 Å². The van der Waals surface area contributed by atoms with Crippen molar-refractivity contribution in [2.45, 2.75) is 4.90 Å². The maximum Gasteiger partial charge on any atom is 0.261 e. The fourth-order valence-corrected chi connectivity index (χ4v) is 4.48. The average Bonchev–Trinajstić information content (AvgIpc) is 3.24. The summed E-state index contributed by atoms with van der Waals surface area (Å²) < 4.78 is 57.5. The fourth-order valence-electron chi connectivity index (χ4n) is 3.27. The minimum atomic E-state index is -4.27. The molecule has 0 spiro atoms. The van der Waals surface area contributed by atoms with E-state index in [4.69, 9.17) is 17.0 Å². The normalized spacial score (nSPS) is 11.6. The van der Waals surface area contributed by atoms with Crippen LogP contribution in [0.5, 0.6) is 0 Å². The first-order chi connectivity index (χ1) is 16.7. The highest BCUT2D eigenvalue weighted by Gasteiger charge is 2.26. The molecule has 0 aliphatic heterocycles. The van der Waals surface area contributed by atoms with Crippen LogP contribution in [0.15, 0.2) is 72.0 Å². The predicted octanol–water partition coefficient (Wildman–Crippen LogP) is 5.10. The maximum atomic E-state index is 15.3. The lowest BCUT2D eigenvalue weighted by Crippen LogP contribution is -2.16. The number of halogens is 3. The van der Waals surface area contributed by atoms with Gasteiger partial charge in [-0.05, 0) is 48.5 Å². The highest BCUT2D eigenvalue weighted by molar-refractivity contribution is 7.92. The number of nitrogens with zero attached hydrogens (tertiary/aromatic N) is 1. The van der Waals surface area contributed by atoms with Gasteiger partial charge in [0.1, 0.15) is 11.5 Å². The van der Waals surface area contributed by atoms with E-state index in [-0.39, 0.29) is 20.9 Å². The molecule has 2 aromatic heterocycles. The van der Waals surface area contributed by atoms with Gasteiger partial charge in [0, 0.05) is 41.4 Å².